The summed E-state index contributed by atoms with van der Waals surface area (Å²) in [6.07, 6.45) is 6.81. The van der Waals surface area contributed by atoms with Gasteiger partial charge in [0.25, 0.3) is 0 Å². The van der Waals surface area contributed by atoms with Gasteiger partial charge in [-0.05, 0) is 30.6 Å². The molecule has 1 saturated carbocycles. The van der Waals surface area contributed by atoms with Gasteiger partial charge in [-0.3, -0.25) is 4.79 Å². The monoisotopic (exact) mass is 323 g/mol. The van der Waals surface area contributed by atoms with Crippen LogP contribution in [-0.4, -0.2) is 40.3 Å². The van der Waals surface area contributed by atoms with Crippen molar-refractivity contribution in [2.45, 2.75) is 52.2 Å². The zero-order valence-electron chi connectivity index (χ0n) is 14.3. The van der Waals surface area contributed by atoms with Crippen LogP contribution in [0.2, 0.25) is 0 Å². The van der Waals surface area contributed by atoms with Gasteiger partial charge in [0.1, 0.15) is 18.5 Å². The fourth-order valence-corrected chi connectivity index (χ4v) is 3.39. The molecule has 130 valence electrons. The molecule has 2 rings (SSSR count). The average molecular weight is 323 g/mol. The summed E-state index contributed by atoms with van der Waals surface area (Å²) in [5, 5.41) is 12.2. The molecule has 6 heteroatoms. The van der Waals surface area contributed by atoms with Gasteiger partial charge < -0.3 is 20.1 Å². The smallest absolute Gasteiger partial charge is 0.246 e. The molecule has 0 aliphatic heterocycles. The number of aliphatic hydroxyl groups excluding tert-OH is 1. The lowest BCUT2D eigenvalue weighted by atomic mass is 9.75. The van der Waals surface area contributed by atoms with Crippen molar-refractivity contribution >= 4 is 5.91 Å². The normalized spacial score (nSPS) is 26.2. The fourth-order valence-electron chi connectivity index (χ4n) is 3.39. The Bertz CT molecular complexity index is 475. The second-order valence-corrected chi connectivity index (χ2v) is 6.95. The number of imidazole rings is 1. The number of nitrogens with one attached hydrogen (secondary N) is 2. The van der Waals surface area contributed by atoms with E-state index in [2.05, 4.69) is 36.1 Å². The van der Waals surface area contributed by atoms with Crippen LogP contribution in [0.5, 0.6) is 0 Å². The highest BCUT2D eigenvalue weighted by atomic mass is 16.5. The van der Waals surface area contributed by atoms with Crippen molar-refractivity contribution in [2.75, 3.05) is 13.2 Å². The summed E-state index contributed by atoms with van der Waals surface area (Å²) in [5.74, 6) is 2.04. The van der Waals surface area contributed by atoms with Crippen LogP contribution in [0.25, 0.3) is 0 Å². The molecule has 0 radical (unpaired) electrons. The number of aromatic amines is 1. The van der Waals surface area contributed by atoms with E-state index >= 15 is 0 Å². The van der Waals surface area contributed by atoms with Gasteiger partial charge in [0.05, 0.1) is 12.7 Å². The largest absolute Gasteiger partial charge is 0.394 e. The Morgan fingerprint density at radius 2 is 2.30 bits per heavy atom. The molecule has 0 aromatic carbocycles. The molecule has 1 aliphatic carbocycles. The summed E-state index contributed by atoms with van der Waals surface area (Å²) >= 11 is 0. The van der Waals surface area contributed by atoms with E-state index in [-0.39, 0.29) is 25.2 Å². The molecule has 0 spiro atoms. The Kier molecular flexibility index (Phi) is 6.59. The van der Waals surface area contributed by atoms with Gasteiger partial charge in [-0.2, -0.15) is 0 Å². The molecule has 1 aromatic heterocycles. The third-order valence-corrected chi connectivity index (χ3v) is 4.76. The first-order valence-corrected chi connectivity index (χ1v) is 8.52. The topological polar surface area (TPSA) is 87.2 Å². The molecular formula is C17H29N3O3. The summed E-state index contributed by atoms with van der Waals surface area (Å²) in [5.41, 5.74) is 0. The first kappa shape index (κ1) is 17.9. The van der Waals surface area contributed by atoms with Crippen molar-refractivity contribution in [3.05, 3.63) is 18.2 Å². The summed E-state index contributed by atoms with van der Waals surface area (Å²) in [6, 6.07) is -0.521. The molecule has 0 bridgehead atoms. The van der Waals surface area contributed by atoms with Gasteiger partial charge >= 0.3 is 0 Å². The van der Waals surface area contributed by atoms with Gasteiger partial charge in [0.2, 0.25) is 5.91 Å². The van der Waals surface area contributed by atoms with Crippen LogP contribution in [0.1, 0.15) is 51.9 Å². The molecule has 0 saturated heterocycles. The Balaban J connectivity index is 1.84. The summed E-state index contributed by atoms with van der Waals surface area (Å²) in [4.78, 5) is 19.1. The van der Waals surface area contributed by atoms with E-state index in [0.717, 1.165) is 12.8 Å². The first-order valence-electron chi connectivity index (χ1n) is 8.52. The standard InChI is InChI=1S/C17H29N3O3/c1-11(2)13-5-4-12(3)8-15(13)23-10-16(22)20-14(9-21)17-18-6-7-19-17/h6-7,11-15,21H,4-5,8-10H2,1-3H3,(H,18,19)(H,20,22). The Morgan fingerprint density at radius 3 is 2.91 bits per heavy atom. The van der Waals surface area contributed by atoms with Crippen LogP contribution in [0.3, 0.4) is 0 Å². The highest BCUT2D eigenvalue weighted by Gasteiger charge is 2.31. The van der Waals surface area contributed by atoms with Crippen molar-refractivity contribution in [3.63, 3.8) is 0 Å². The maximum absolute atomic E-state index is 12.1. The highest BCUT2D eigenvalue weighted by Crippen LogP contribution is 2.35. The number of H-pyrrole nitrogens is 1. The molecule has 3 N–H and O–H groups in total. The minimum Gasteiger partial charge on any atom is -0.394 e. The predicted molar refractivity (Wildman–Crippen MR) is 87.6 cm³/mol. The van der Waals surface area contributed by atoms with Crippen LogP contribution in [0.15, 0.2) is 12.4 Å². The minimum absolute atomic E-state index is 0.0256. The first-order chi connectivity index (χ1) is 11.0. The van der Waals surface area contributed by atoms with Crippen LogP contribution >= 0.6 is 0 Å². The second kappa shape index (κ2) is 8.45. The SMILES string of the molecule is CC1CCC(C(C)C)C(OCC(=O)NC(CO)c2ncc[nH]2)C1. The summed E-state index contributed by atoms with van der Waals surface area (Å²) < 4.78 is 5.93. The lowest BCUT2D eigenvalue weighted by molar-refractivity contribution is -0.132. The number of carbonyl (C=O) groups is 1. The van der Waals surface area contributed by atoms with Gasteiger partial charge in [0.15, 0.2) is 0 Å². The van der Waals surface area contributed by atoms with Crippen LogP contribution in [0, 0.1) is 17.8 Å². The van der Waals surface area contributed by atoms with Crippen LogP contribution < -0.4 is 5.32 Å². The van der Waals surface area contributed by atoms with Crippen LogP contribution in [0.4, 0.5) is 0 Å². The van der Waals surface area contributed by atoms with Gasteiger partial charge in [-0.25, -0.2) is 4.98 Å². The number of nitrogens with zero attached hydrogens (tertiary/aromatic N) is 1. The number of ether oxygens (including phenoxy) is 1. The molecule has 1 fully saturated rings. The van der Waals surface area contributed by atoms with Crippen molar-refractivity contribution in [1.29, 1.82) is 0 Å². The molecule has 23 heavy (non-hydrogen) atoms. The second-order valence-electron chi connectivity index (χ2n) is 6.95. The minimum atomic E-state index is -0.521. The maximum Gasteiger partial charge on any atom is 0.246 e. The third-order valence-electron chi connectivity index (χ3n) is 4.76. The Labute approximate surface area is 138 Å². The Hall–Kier alpha value is -1.40. The number of carbonyl (C=O) groups excluding carboxylic acids is 1. The van der Waals surface area contributed by atoms with Gasteiger partial charge in [0, 0.05) is 12.4 Å². The molecule has 6 nitrogen and oxygen atoms in total. The zero-order chi connectivity index (χ0) is 16.8. The number of rotatable bonds is 7. The Morgan fingerprint density at radius 1 is 1.52 bits per heavy atom. The number of hydrogen-bond donors (Lipinski definition) is 3. The molecule has 4 atom stereocenters. The van der Waals surface area contributed by atoms with Crippen molar-refractivity contribution < 1.29 is 14.6 Å². The third kappa shape index (κ3) is 5.04. The van der Waals surface area contributed by atoms with Crippen molar-refractivity contribution in [3.8, 4) is 0 Å². The molecule has 1 aromatic rings. The predicted octanol–water partition coefficient (Wildman–Crippen LogP) is 2.04. The molecule has 1 aliphatic rings. The molecular weight excluding hydrogens is 294 g/mol. The summed E-state index contributed by atoms with van der Waals surface area (Å²) in [6.45, 7) is 6.50. The average Bonchev–Trinajstić information content (AvgIpc) is 3.04. The van der Waals surface area contributed by atoms with Crippen LogP contribution in [-0.2, 0) is 9.53 Å². The van der Waals surface area contributed by atoms with E-state index in [0.29, 0.717) is 23.6 Å². The number of aliphatic hydroxyl groups is 1. The van der Waals surface area contributed by atoms with Gasteiger partial charge in [-0.15, -0.1) is 0 Å². The maximum atomic E-state index is 12.1. The fraction of sp³-hybridized carbons (Fsp3) is 0.765. The highest BCUT2D eigenvalue weighted by molar-refractivity contribution is 5.77. The van der Waals surface area contributed by atoms with Crippen molar-refractivity contribution in [2.24, 2.45) is 17.8 Å². The van der Waals surface area contributed by atoms with E-state index < -0.39 is 6.04 Å². The van der Waals surface area contributed by atoms with Crippen molar-refractivity contribution in [1.82, 2.24) is 15.3 Å². The van der Waals surface area contributed by atoms with E-state index in [4.69, 9.17) is 4.74 Å². The number of aromatic nitrogens is 2. The van der Waals surface area contributed by atoms with E-state index in [1.807, 2.05) is 0 Å². The quantitative estimate of drug-likeness (QED) is 0.716. The zero-order valence-corrected chi connectivity index (χ0v) is 14.3. The lowest BCUT2D eigenvalue weighted by Gasteiger charge is -2.37. The van der Waals surface area contributed by atoms with Gasteiger partial charge in [-0.1, -0.05) is 27.2 Å². The molecule has 1 heterocycles. The summed E-state index contributed by atoms with van der Waals surface area (Å²) in [7, 11) is 0. The lowest BCUT2D eigenvalue weighted by Crippen LogP contribution is -2.39. The van der Waals surface area contributed by atoms with E-state index in [9.17, 15) is 9.90 Å². The number of hydrogen-bond acceptors (Lipinski definition) is 4. The number of amides is 1. The van der Waals surface area contributed by atoms with E-state index in [1.54, 1.807) is 12.4 Å². The van der Waals surface area contributed by atoms with E-state index in [1.165, 1.54) is 6.42 Å². The molecule has 1 amide bonds. The molecule has 4 unspecified atom stereocenters.